The van der Waals surface area contributed by atoms with E-state index in [9.17, 15) is 4.79 Å². The molecule has 0 atom stereocenters. The van der Waals surface area contributed by atoms with E-state index in [-0.39, 0.29) is 11.7 Å². The smallest absolute Gasteiger partial charge is 0.236 e. The van der Waals surface area contributed by atoms with Crippen molar-refractivity contribution in [1.29, 1.82) is 0 Å². The molecule has 8 nitrogen and oxygen atoms in total. The van der Waals surface area contributed by atoms with E-state index in [2.05, 4.69) is 25.8 Å². The zero-order chi connectivity index (χ0) is 16.8. The van der Waals surface area contributed by atoms with E-state index < -0.39 is 0 Å². The van der Waals surface area contributed by atoms with Crippen molar-refractivity contribution in [2.45, 2.75) is 12.1 Å². The van der Waals surface area contributed by atoms with Gasteiger partial charge >= 0.3 is 0 Å². The summed E-state index contributed by atoms with van der Waals surface area (Å²) in [5.41, 5.74) is 0.797. The number of hydrogen-bond donors (Lipinski definition) is 1. The lowest BCUT2D eigenvalue weighted by molar-refractivity contribution is -0.113. The van der Waals surface area contributed by atoms with E-state index in [1.807, 2.05) is 31.2 Å². The van der Waals surface area contributed by atoms with E-state index in [1.165, 1.54) is 23.1 Å². The van der Waals surface area contributed by atoms with Gasteiger partial charge < -0.3 is 10.1 Å². The van der Waals surface area contributed by atoms with Crippen LogP contribution in [-0.2, 0) is 4.79 Å². The first kappa shape index (κ1) is 16.4. The van der Waals surface area contributed by atoms with Crippen LogP contribution in [0.3, 0.4) is 0 Å². The van der Waals surface area contributed by atoms with Gasteiger partial charge in [0.15, 0.2) is 5.13 Å². The third-order valence-electron chi connectivity index (χ3n) is 2.84. The maximum Gasteiger partial charge on any atom is 0.236 e. The summed E-state index contributed by atoms with van der Waals surface area (Å²) in [5.74, 6) is 0.819. The summed E-state index contributed by atoms with van der Waals surface area (Å²) in [4.78, 5) is 15.9. The standard InChI is InChI=1S/C14H14N6O2S2/c1-2-22-11-5-3-10(4-6-11)20-14(17-18-19-20)24-9-12(21)16-13-15-7-8-23-13/h3-8H,2,9H2,1H3,(H,15,16,21). The molecule has 1 amide bonds. The summed E-state index contributed by atoms with van der Waals surface area (Å²) in [6, 6.07) is 7.43. The SMILES string of the molecule is CCOc1ccc(-n2nnnc2SCC(=O)Nc2nccs2)cc1. The summed E-state index contributed by atoms with van der Waals surface area (Å²) < 4.78 is 6.99. The van der Waals surface area contributed by atoms with Gasteiger partial charge in [-0.2, -0.15) is 4.68 Å². The summed E-state index contributed by atoms with van der Waals surface area (Å²) in [7, 11) is 0. The molecule has 2 heterocycles. The van der Waals surface area contributed by atoms with E-state index in [4.69, 9.17) is 4.74 Å². The zero-order valence-electron chi connectivity index (χ0n) is 12.7. The molecular formula is C14H14N6O2S2. The lowest BCUT2D eigenvalue weighted by Gasteiger charge is -2.06. The number of nitrogens with zero attached hydrogens (tertiary/aromatic N) is 5. The molecule has 0 saturated carbocycles. The van der Waals surface area contributed by atoms with E-state index >= 15 is 0 Å². The first-order chi connectivity index (χ1) is 11.8. The van der Waals surface area contributed by atoms with Gasteiger partial charge in [0.05, 0.1) is 18.0 Å². The van der Waals surface area contributed by atoms with Gasteiger partial charge in [0.2, 0.25) is 11.1 Å². The highest BCUT2D eigenvalue weighted by Gasteiger charge is 2.12. The van der Waals surface area contributed by atoms with Gasteiger partial charge in [-0.15, -0.1) is 16.4 Å². The van der Waals surface area contributed by atoms with Gasteiger partial charge in [-0.3, -0.25) is 4.79 Å². The molecule has 0 fully saturated rings. The summed E-state index contributed by atoms with van der Waals surface area (Å²) in [5, 5.41) is 17.2. The minimum Gasteiger partial charge on any atom is -0.494 e. The highest BCUT2D eigenvalue weighted by atomic mass is 32.2. The lowest BCUT2D eigenvalue weighted by Crippen LogP contribution is -2.14. The van der Waals surface area contributed by atoms with Crippen LogP contribution in [0.5, 0.6) is 5.75 Å². The van der Waals surface area contributed by atoms with Gasteiger partial charge in [-0.25, -0.2) is 4.98 Å². The van der Waals surface area contributed by atoms with Crippen LogP contribution in [-0.4, -0.2) is 43.5 Å². The quantitative estimate of drug-likeness (QED) is 0.644. The number of rotatable bonds is 7. The zero-order valence-corrected chi connectivity index (χ0v) is 14.4. The first-order valence-corrected chi connectivity index (χ1v) is 8.96. The Labute approximate surface area is 146 Å². The second kappa shape index (κ2) is 7.88. The Bertz CT molecular complexity index is 788. The van der Waals surface area contributed by atoms with Crippen LogP contribution in [0.15, 0.2) is 41.0 Å². The predicted molar refractivity (Wildman–Crippen MR) is 91.8 cm³/mol. The molecule has 3 rings (SSSR count). The van der Waals surface area contributed by atoms with Crippen LogP contribution in [0.2, 0.25) is 0 Å². The molecule has 3 aromatic rings. The van der Waals surface area contributed by atoms with Gasteiger partial charge in [-0.05, 0) is 41.6 Å². The third kappa shape index (κ3) is 4.09. The molecule has 0 bridgehead atoms. The molecule has 0 aliphatic carbocycles. The Morgan fingerprint density at radius 1 is 1.38 bits per heavy atom. The van der Waals surface area contributed by atoms with Crippen molar-refractivity contribution in [3.63, 3.8) is 0 Å². The van der Waals surface area contributed by atoms with E-state index in [1.54, 1.807) is 16.3 Å². The Hall–Kier alpha value is -2.46. The van der Waals surface area contributed by atoms with Crippen molar-refractivity contribution in [1.82, 2.24) is 25.2 Å². The Kier molecular flexibility index (Phi) is 5.39. The van der Waals surface area contributed by atoms with Gasteiger partial charge in [0.25, 0.3) is 0 Å². The highest BCUT2D eigenvalue weighted by molar-refractivity contribution is 7.99. The normalized spacial score (nSPS) is 10.5. The number of carbonyl (C=O) groups excluding carboxylic acids is 1. The average molecular weight is 362 g/mol. The van der Waals surface area contributed by atoms with Crippen molar-refractivity contribution in [3.05, 3.63) is 35.8 Å². The fourth-order valence-corrected chi connectivity index (χ4v) is 3.09. The molecule has 1 aromatic carbocycles. The molecule has 2 aromatic heterocycles. The van der Waals surface area contributed by atoms with E-state index in [0.717, 1.165) is 11.4 Å². The summed E-state index contributed by atoms with van der Waals surface area (Å²) in [6.07, 6.45) is 1.64. The number of nitrogens with one attached hydrogen (secondary N) is 1. The van der Waals surface area contributed by atoms with Crippen LogP contribution in [0, 0.1) is 0 Å². The van der Waals surface area contributed by atoms with Crippen molar-refractivity contribution in [2.24, 2.45) is 0 Å². The van der Waals surface area contributed by atoms with Crippen LogP contribution < -0.4 is 10.1 Å². The molecule has 124 valence electrons. The Morgan fingerprint density at radius 2 is 2.21 bits per heavy atom. The number of amides is 1. The Morgan fingerprint density at radius 3 is 2.92 bits per heavy atom. The number of aromatic nitrogens is 5. The number of thiazole rings is 1. The summed E-state index contributed by atoms with van der Waals surface area (Å²) >= 11 is 2.62. The number of carbonyl (C=O) groups is 1. The molecule has 0 aliphatic rings. The largest absolute Gasteiger partial charge is 0.494 e. The summed E-state index contributed by atoms with van der Waals surface area (Å²) in [6.45, 7) is 2.54. The molecule has 0 saturated heterocycles. The third-order valence-corrected chi connectivity index (χ3v) is 4.45. The van der Waals surface area contributed by atoms with Crippen molar-refractivity contribution < 1.29 is 9.53 Å². The first-order valence-electron chi connectivity index (χ1n) is 7.10. The molecule has 0 spiro atoms. The molecule has 0 unspecified atom stereocenters. The molecule has 24 heavy (non-hydrogen) atoms. The monoisotopic (exact) mass is 362 g/mol. The van der Waals surface area contributed by atoms with Crippen LogP contribution >= 0.6 is 23.1 Å². The molecule has 10 heteroatoms. The average Bonchev–Trinajstić information content (AvgIpc) is 3.25. The number of anilines is 1. The fourth-order valence-electron chi connectivity index (χ4n) is 1.85. The number of thioether (sulfide) groups is 1. The highest BCUT2D eigenvalue weighted by Crippen LogP contribution is 2.21. The van der Waals surface area contributed by atoms with Gasteiger partial charge in [0.1, 0.15) is 5.75 Å². The van der Waals surface area contributed by atoms with Crippen molar-refractivity contribution in [2.75, 3.05) is 17.7 Å². The fraction of sp³-hybridized carbons (Fsp3) is 0.214. The molecule has 0 radical (unpaired) electrons. The van der Waals surface area contributed by atoms with Crippen LogP contribution in [0.4, 0.5) is 5.13 Å². The van der Waals surface area contributed by atoms with Crippen molar-refractivity contribution in [3.8, 4) is 11.4 Å². The van der Waals surface area contributed by atoms with E-state index in [0.29, 0.717) is 16.9 Å². The van der Waals surface area contributed by atoms with Crippen molar-refractivity contribution >= 4 is 34.1 Å². The molecule has 1 N–H and O–H groups in total. The maximum atomic E-state index is 11.9. The molecular weight excluding hydrogens is 348 g/mol. The van der Waals surface area contributed by atoms with Crippen LogP contribution in [0.1, 0.15) is 6.92 Å². The van der Waals surface area contributed by atoms with Gasteiger partial charge in [0, 0.05) is 11.6 Å². The number of tetrazole rings is 1. The topological polar surface area (TPSA) is 94.8 Å². The predicted octanol–water partition coefficient (Wildman–Crippen LogP) is 2.25. The second-order valence-electron chi connectivity index (χ2n) is 4.47. The second-order valence-corrected chi connectivity index (χ2v) is 6.31. The van der Waals surface area contributed by atoms with Crippen LogP contribution in [0.25, 0.3) is 5.69 Å². The Balaban J connectivity index is 1.63. The number of ether oxygens (including phenoxy) is 1. The van der Waals surface area contributed by atoms with Gasteiger partial charge in [-0.1, -0.05) is 11.8 Å². The number of benzene rings is 1. The lowest BCUT2D eigenvalue weighted by atomic mass is 10.3. The minimum atomic E-state index is -0.156. The minimum absolute atomic E-state index is 0.156. The molecule has 0 aliphatic heterocycles. The number of hydrogen-bond acceptors (Lipinski definition) is 8. The maximum absolute atomic E-state index is 11.9.